The molecule has 0 radical (unpaired) electrons. The van der Waals surface area contributed by atoms with Crippen molar-refractivity contribution in [2.75, 3.05) is 18.6 Å². The summed E-state index contributed by atoms with van der Waals surface area (Å²) in [6, 6.07) is 5.40. The first-order valence-electron chi connectivity index (χ1n) is 5.73. The SMILES string of the molecule is CCCCOc1cccc(Cl)c1N(C)C(C)=O. The molecule has 0 N–H and O–H groups in total. The Balaban J connectivity index is 2.95. The van der Waals surface area contributed by atoms with Gasteiger partial charge in [-0.2, -0.15) is 0 Å². The molecule has 0 saturated carbocycles. The van der Waals surface area contributed by atoms with Crippen LogP contribution in [0.4, 0.5) is 5.69 Å². The molecule has 0 aliphatic heterocycles. The molecule has 1 amide bonds. The van der Waals surface area contributed by atoms with Crippen LogP contribution in [0.2, 0.25) is 5.02 Å². The van der Waals surface area contributed by atoms with Gasteiger partial charge in [0.1, 0.15) is 11.4 Å². The minimum Gasteiger partial charge on any atom is -0.491 e. The summed E-state index contributed by atoms with van der Waals surface area (Å²) >= 11 is 6.11. The van der Waals surface area contributed by atoms with Crippen LogP contribution in [0.1, 0.15) is 26.7 Å². The lowest BCUT2D eigenvalue weighted by atomic mass is 10.2. The standard InChI is InChI=1S/C13H18ClNO2/c1-4-5-9-17-12-8-6-7-11(14)13(12)15(3)10(2)16/h6-8H,4-5,9H2,1-3H3. The molecule has 17 heavy (non-hydrogen) atoms. The van der Waals surface area contributed by atoms with Crippen LogP contribution in [-0.4, -0.2) is 19.6 Å². The van der Waals surface area contributed by atoms with Crippen LogP contribution in [0, 0.1) is 0 Å². The Morgan fingerprint density at radius 1 is 1.47 bits per heavy atom. The normalized spacial score (nSPS) is 10.1. The van der Waals surface area contributed by atoms with Crippen molar-refractivity contribution in [1.29, 1.82) is 0 Å². The number of benzene rings is 1. The molecule has 1 rings (SSSR count). The van der Waals surface area contributed by atoms with Crippen LogP contribution in [0.5, 0.6) is 5.75 Å². The Morgan fingerprint density at radius 2 is 2.18 bits per heavy atom. The summed E-state index contributed by atoms with van der Waals surface area (Å²) < 4.78 is 5.65. The van der Waals surface area contributed by atoms with Crippen molar-refractivity contribution in [2.24, 2.45) is 0 Å². The van der Waals surface area contributed by atoms with Gasteiger partial charge in [0.25, 0.3) is 0 Å². The minimum absolute atomic E-state index is 0.0709. The van der Waals surface area contributed by atoms with Gasteiger partial charge in [-0.05, 0) is 18.6 Å². The fraction of sp³-hybridized carbons (Fsp3) is 0.462. The molecule has 1 aromatic carbocycles. The highest BCUT2D eigenvalue weighted by molar-refractivity contribution is 6.34. The lowest BCUT2D eigenvalue weighted by molar-refractivity contribution is -0.116. The highest BCUT2D eigenvalue weighted by Gasteiger charge is 2.15. The first-order chi connectivity index (χ1) is 8.07. The third-order valence-electron chi connectivity index (χ3n) is 2.51. The first-order valence-corrected chi connectivity index (χ1v) is 6.11. The molecule has 0 spiro atoms. The maximum atomic E-state index is 11.4. The molecule has 0 aliphatic carbocycles. The number of carbonyl (C=O) groups is 1. The van der Waals surface area contributed by atoms with Crippen LogP contribution in [-0.2, 0) is 4.79 Å². The number of unbranched alkanes of at least 4 members (excludes halogenated alkanes) is 1. The molecular formula is C13H18ClNO2. The summed E-state index contributed by atoms with van der Waals surface area (Å²) in [5, 5.41) is 0.525. The molecule has 0 unspecified atom stereocenters. The average Bonchev–Trinajstić information content (AvgIpc) is 2.28. The predicted molar refractivity (Wildman–Crippen MR) is 70.9 cm³/mol. The molecule has 0 aromatic heterocycles. The molecule has 0 heterocycles. The van der Waals surface area contributed by atoms with Crippen molar-refractivity contribution in [3.8, 4) is 5.75 Å². The number of para-hydroxylation sites is 1. The van der Waals surface area contributed by atoms with Crippen molar-refractivity contribution < 1.29 is 9.53 Å². The number of ether oxygens (including phenoxy) is 1. The number of carbonyl (C=O) groups excluding carboxylic acids is 1. The van der Waals surface area contributed by atoms with Gasteiger partial charge in [0.05, 0.1) is 11.6 Å². The second kappa shape index (κ2) is 6.50. The van der Waals surface area contributed by atoms with E-state index in [9.17, 15) is 4.79 Å². The van der Waals surface area contributed by atoms with Gasteiger partial charge >= 0.3 is 0 Å². The molecule has 94 valence electrons. The summed E-state index contributed by atoms with van der Waals surface area (Å²) in [4.78, 5) is 12.9. The number of halogens is 1. The lowest BCUT2D eigenvalue weighted by Gasteiger charge is -2.20. The number of hydrogen-bond acceptors (Lipinski definition) is 2. The van der Waals surface area contributed by atoms with Crippen molar-refractivity contribution in [3.05, 3.63) is 23.2 Å². The van der Waals surface area contributed by atoms with Crippen LogP contribution in [0.15, 0.2) is 18.2 Å². The second-order valence-corrected chi connectivity index (χ2v) is 4.27. The first kappa shape index (κ1) is 13.8. The van der Waals surface area contributed by atoms with Crippen LogP contribution < -0.4 is 9.64 Å². The number of nitrogens with zero attached hydrogens (tertiary/aromatic N) is 1. The largest absolute Gasteiger partial charge is 0.491 e. The van der Waals surface area contributed by atoms with E-state index < -0.39 is 0 Å². The summed E-state index contributed by atoms with van der Waals surface area (Å²) in [5.41, 5.74) is 0.637. The van der Waals surface area contributed by atoms with Gasteiger partial charge in [-0.1, -0.05) is 31.0 Å². The summed E-state index contributed by atoms with van der Waals surface area (Å²) in [7, 11) is 1.69. The molecule has 3 nitrogen and oxygen atoms in total. The van der Waals surface area contributed by atoms with Gasteiger partial charge in [-0.15, -0.1) is 0 Å². The third kappa shape index (κ3) is 3.63. The Bertz CT molecular complexity index is 393. The van der Waals surface area contributed by atoms with Crippen LogP contribution >= 0.6 is 11.6 Å². The third-order valence-corrected chi connectivity index (χ3v) is 2.82. The van der Waals surface area contributed by atoms with E-state index in [1.807, 2.05) is 12.1 Å². The van der Waals surface area contributed by atoms with Crippen LogP contribution in [0.25, 0.3) is 0 Å². The van der Waals surface area contributed by atoms with E-state index in [-0.39, 0.29) is 5.91 Å². The van der Waals surface area contributed by atoms with E-state index in [4.69, 9.17) is 16.3 Å². The summed E-state index contributed by atoms with van der Waals surface area (Å²) in [6.07, 6.45) is 2.05. The molecular weight excluding hydrogens is 238 g/mol. The molecule has 0 saturated heterocycles. The van der Waals surface area contributed by atoms with Gasteiger partial charge in [0.2, 0.25) is 5.91 Å². The fourth-order valence-electron chi connectivity index (χ4n) is 1.42. The molecule has 4 heteroatoms. The zero-order valence-corrected chi connectivity index (χ0v) is 11.3. The van der Waals surface area contributed by atoms with E-state index in [2.05, 4.69) is 6.92 Å². The highest BCUT2D eigenvalue weighted by Crippen LogP contribution is 2.35. The number of anilines is 1. The molecule has 0 aliphatic rings. The van der Waals surface area contributed by atoms with E-state index in [0.29, 0.717) is 23.1 Å². The smallest absolute Gasteiger partial charge is 0.223 e. The molecule has 0 fully saturated rings. The van der Waals surface area contributed by atoms with Gasteiger partial charge in [-0.25, -0.2) is 0 Å². The van der Waals surface area contributed by atoms with Gasteiger partial charge in [0, 0.05) is 14.0 Å². The average molecular weight is 256 g/mol. The Kier molecular flexibility index (Phi) is 5.29. The van der Waals surface area contributed by atoms with Gasteiger partial charge in [-0.3, -0.25) is 4.79 Å². The Hall–Kier alpha value is -1.22. The topological polar surface area (TPSA) is 29.5 Å². The van der Waals surface area contributed by atoms with Crippen molar-refractivity contribution >= 4 is 23.2 Å². The maximum Gasteiger partial charge on any atom is 0.223 e. The Morgan fingerprint density at radius 3 is 2.76 bits per heavy atom. The monoisotopic (exact) mass is 255 g/mol. The molecule has 0 atom stereocenters. The quantitative estimate of drug-likeness (QED) is 0.754. The predicted octanol–water partition coefficient (Wildman–Crippen LogP) is 3.50. The zero-order chi connectivity index (χ0) is 12.8. The van der Waals surface area contributed by atoms with E-state index >= 15 is 0 Å². The van der Waals surface area contributed by atoms with E-state index in [1.54, 1.807) is 13.1 Å². The fourth-order valence-corrected chi connectivity index (χ4v) is 1.71. The summed E-state index contributed by atoms with van der Waals surface area (Å²) in [5.74, 6) is 0.585. The van der Waals surface area contributed by atoms with Crippen LogP contribution in [0.3, 0.4) is 0 Å². The zero-order valence-electron chi connectivity index (χ0n) is 10.5. The van der Waals surface area contributed by atoms with Crippen molar-refractivity contribution in [2.45, 2.75) is 26.7 Å². The second-order valence-electron chi connectivity index (χ2n) is 3.87. The van der Waals surface area contributed by atoms with E-state index in [0.717, 1.165) is 12.8 Å². The summed E-state index contributed by atoms with van der Waals surface area (Å²) in [6.45, 7) is 4.23. The number of amides is 1. The highest BCUT2D eigenvalue weighted by atomic mass is 35.5. The maximum absolute atomic E-state index is 11.4. The van der Waals surface area contributed by atoms with Crippen molar-refractivity contribution in [1.82, 2.24) is 0 Å². The Labute approximate surface area is 107 Å². The molecule has 1 aromatic rings. The van der Waals surface area contributed by atoms with Crippen molar-refractivity contribution in [3.63, 3.8) is 0 Å². The van der Waals surface area contributed by atoms with Gasteiger partial charge in [0.15, 0.2) is 0 Å². The lowest BCUT2D eigenvalue weighted by Crippen LogP contribution is -2.24. The van der Waals surface area contributed by atoms with Gasteiger partial charge < -0.3 is 9.64 Å². The number of rotatable bonds is 5. The number of hydrogen-bond donors (Lipinski definition) is 0. The van der Waals surface area contributed by atoms with E-state index in [1.165, 1.54) is 11.8 Å². The molecule has 0 bridgehead atoms. The minimum atomic E-state index is -0.0709.